The second-order valence-corrected chi connectivity index (χ2v) is 14.4. The van der Waals surface area contributed by atoms with Gasteiger partial charge in [-0.2, -0.15) is 14.2 Å². The summed E-state index contributed by atoms with van der Waals surface area (Å²) in [5.74, 6) is -2.66. The van der Waals surface area contributed by atoms with Gasteiger partial charge in [-0.15, -0.1) is 4.20 Å². The molecule has 4 aromatic carbocycles. The van der Waals surface area contributed by atoms with Crippen LogP contribution in [0.15, 0.2) is 145 Å². The maximum atomic E-state index is 14.3. The second kappa shape index (κ2) is 13.5. The minimum absolute atomic E-state index is 0.118. The Morgan fingerprint density at radius 3 is 1.48 bits per heavy atom. The van der Waals surface area contributed by atoms with Gasteiger partial charge in [0.15, 0.2) is 22.3 Å². The van der Waals surface area contributed by atoms with Crippen LogP contribution in [-0.4, -0.2) is 36.6 Å². The number of nitrogens with zero attached hydrogens (tertiary/aromatic N) is 5. The first-order valence-electron chi connectivity index (χ1n) is 14.2. The summed E-state index contributed by atoms with van der Waals surface area (Å²) in [6.45, 7) is 0. The predicted octanol–water partition coefficient (Wildman–Crippen LogP) is 5.98. The summed E-state index contributed by atoms with van der Waals surface area (Å²) >= 11 is 0. The highest BCUT2D eigenvalue weighted by atomic mass is 31.2. The van der Waals surface area contributed by atoms with Gasteiger partial charge in [-0.1, -0.05) is 77.1 Å². The van der Waals surface area contributed by atoms with Gasteiger partial charge in [0, 0.05) is 12.2 Å². The number of carbonyl (C=O) groups is 4. The number of imide groups is 2. The Morgan fingerprint density at radius 2 is 1.00 bits per heavy atom. The van der Waals surface area contributed by atoms with Crippen LogP contribution in [0.5, 0.6) is 23.0 Å². The number of benzene rings is 4. The molecule has 3 heterocycles. The van der Waals surface area contributed by atoms with Crippen LogP contribution in [0.3, 0.4) is 0 Å². The molecule has 2 atom stereocenters. The van der Waals surface area contributed by atoms with E-state index in [4.69, 9.17) is 18.8 Å². The molecule has 13 nitrogen and oxygen atoms in total. The van der Waals surface area contributed by atoms with Crippen molar-refractivity contribution in [1.82, 2.24) is 13.0 Å². The first-order valence-corrected chi connectivity index (χ1v) is 17.4. The number of rotatable bonds is 10. The molecule has 0 bridgehead atoms. The summed E-state index contributed by atoms with van der Waals surface area (Å²) in [5.41, 5.74) is 0. The van der Waals surface area contributed by atoms with E-state index in [2.05, 4.69) is 4.51 Å². The maximum absolute atomic E-state index is 14.3. The molecule has 0 fully saturated rings. The summed E-state index contributed by atoms with van der Waals surface area (Å²) in [6, 6.07) is 34.3. The average molecular weight is 697 g/mol. The van der Waals surface area contributed by atoms with Crippen LogP contribution in [0.1, 0.15) is 0 Å². The van der Waals surface area contributed by atoms with Crippen LogP contribution in [0.2, 0.25) is 0 Å². The van der Waals surface area contributed by atoms with E-state index in [1.807, 2.05) is 6.07 Å². The van der Waals surface area contributed by atoms with Crippen molar-refractivity contribution in [3.63, 3.8) is 0 Å². The van der Waals surface area contributed by atoms with Gasteiger partial charge in [-0.25, -0.2) is 0 Å². The number of hydrogen-bond acceptors (Lipinski definition) is 9. The Labute approximate surface area is 276 Å². The highest BCUT2D eigenvalue weighted by molar-refractivity contribution is 7.60. The highest BCUT2D eigenvalue weighted by Gasteiger charge is 2.47. The van der Waals surface area contributed by atoms with Crippen LogP contribution in [0.25, 0.3) is 0 Å². The van der Waals surface area contributed by atoms with Crippen LogP contribution in [-0.2, 0) is 19.2 Å². The van der Waals surface area contributed by atoms with Gasteiger partial charge in [0.25, 0.3) is 11.8 Å². The number of ether oxygens (including phenoxy) is 2. The van der Waals surface area contributed by atoms with Crippen LogP contribution < -0.4 is 28.5 Å². The van der Waals surface area contributed by atoms with Crippen LogP contribution in [0, 0.1) is 0 Å². The van der Waals surface area contributed by atoms with Gasteiger partial charge in [-0.3, -0.25) is 19.2 Å². The Kier molecular flexibility index (Phi) is 8.64. The van der Waals surface area contributed by atoms with Crippen molar-refractivity contribution >= 4 is 48.2 Å². The monoisotopic (exact) mass is 697 g/mol. The number of hydrogen-bond donors (Lipinski definition) is 0. The number of amides is 4. The number of carbonyl (C=O) groups excluding carboxylic acids is 4. The highest BCUT2D eigenvalue weighted by Crippen LogP contribution is 2.45. The Balaban J connectivity index is 1.41. The van der Waals surface area contributed by atoms with Gasteiger partial charge in [0.2, 0.25) is 11.5 Å². The second-order valence-electron chi connectivity index (χ2n) is 9.76. The van der Waals surface area contributed by atoms with Crippen molar-refractivity contribution in [2.45, 2.75) is 0 Å². The van der Waals surface area contributed by atoms with Crippen molar-refractivity contribution in [3.8, 4) is 23.0 Å². The molecule has 2 aliphatic heterocycles. The quantitative estimate of drug-likeness (QED) is 0.162. The van der Waals surface area contributed by atoms with Gasteiger partial charge in [0.1, 0.15) is 17.2 Å². The molecule has 1 aromatic heterocycles. The molecule has 2 aliphatic rings. The first kappa shape index (κ1) is 30.8. The van der Waals surface area contributed by atoms with E-state index in [0.29, 0.717) is 11.5 Å². The molecule has 5 aromatic rings. The molecule has 0 aliphatic carbocycles. The van der Waals surface area contributed by atoms with E-state index in [1.165, 1.54) is 8.46 Å². The van der Waals surface area contributed by atoms with Gasteiger partial charge in [-0.05, 0) is 48.5 Å². The van der Waals surface area contributed by atoms with Crippen LogP contribution >= 0.6 is 24.6 Å². The maximum Gasteiger partial charge on any atom is 0.310 e. The third-order valence-electron chi connectivity index (χ3n) is 6.57. The van der Waals surface area contributed by atoms with Crippen molar-refractivity contribution in [2.24, 2.45) is 0 Å². The lowest BCUT2D eigenvalue weighted by molar-refractivity contribution is -0.123. The molecule has 0 N–H and O–H groups in total. The normalized spacial score (nSPS) is 15.1. The van der Waals surface area contributed by atoms with Gasteiger partial charge >= 0.3 is 19.9 Å². The van der Waals surface area contributed by atoms with Crippen molar-refractivity contribution in [1.29, 1.82) is 0 Å². The smallest absolute Gasteiger partial charge is 0.310 e. The van der Waals surface area contributed by atoms with Crippen molar-refractivity contribution < 1.29 is 38.0 Å². The number of para-hydroxylation sites is 4. The SMILES string of the molecule is O=C1C=CC(=O)N1n1p(N2C(=O)C(Oc3ccccc3)=C(Oc3ccccc3)C2=O)npn(Oc2ccccc2)p1Oc1ccccc1. The van der Waals surface area contributed by atoms with E-state index < -0.39 is 51.2 Å². The summed E-state index contributed by atoms with van der Waals surface area (Å²) in [5, 5.41) is 0.800. The van der Waals surface area contributed by atoms with E-state index in [1.54, 1.807) is 115 Å². The lowest BCUT2D eigenvalue weighted by atomic mass is 10.3. The first-order chi connectivity index (χ1) is 23.5. The summed E-state index contributed by atoms with van der Waals surface area (Å²) in [4.78, 5) is 61.2. The van der Waals surface area contributed by atoms with E-state index in [0.717, 1.165) is 21.8 Å². The lowest BCUT2D eigenvalue weighted by Gasteiger charge is -2.27. The van der Waals surface area contributed by atoms with Crippen LogP contribution in [0.4, 0.5) is 0 Å². The Hall–Kier alpha value is -5.86. The molecule has 7 rings (SSSR count). The van der Waals surface area contributed by atoms with E-state index in [-0.39, 0.29) is 20.0 Å². The molecule has 48 heavy (non-hydrogen) atoms. The third kappa shape index (κ3) is 6.13. The fourth-order valence-electron chi connectivity index (χ4n) is 4.43. The van der Waals surface area contributed by atoms with E-state index in [9.17, 15) is 19.2 Å². The van der Waals surface area contributed by atoms with Gasteiger partial charge in [0.05, 0.1) is 0 Å². The zero-order valence-corrected chi connectivity index (χ0v) is 27.2. The van der Waals surface area contributed by atoms with Gasteiger partial charge < -0.3 is 18.8 Å². The topological polar surface area (TPSA) is 134 Å². The molecular weight excluding hydrogens is 675 g/mol. The van der Waals surface area contributed by atoms with E-state index >= 15 is 0 Å². The molecule has 0 saturated heterocycles. The summed E-state index contributed by atoms with van der Waals surface area (Å²) in [7, 11) is -4.71. The zero-order chi connectivity index (χ0) is 33.0. The minimum atomic E-state index is -2.51. The zero-order valence-electron chi connectivity index (χ0n) is 24.5. The van der Waals surface area contributed by atoms with Crippen molar-refractivity contribution in [3.05, 3.63) is 145 Å². The Morgan fingerprint density at radius 1 is 0.562 bits per heavy atom. The fourth-order valence-corrected chi connectivity index (χ4v) is 10.4. The average Bonchev–Trinajstić information content (AvgIpc) is 3.56. The Bertz CT molecular complexity index is 2040. The minimum Gasteiger partial charge on any atom is -0.447 e. The molecule has 2 unspecified atom stereocenters. The molecule has 0 saturated carbocycles. The molecule has 4 amide bonds. The largest absolute Gasteiger partial charge is 0.447 e. The molecule has 0 spiro atoms. The molecular formula is C32H22N5O8P3. The molecule has 238 valence electrons. The molecule has 16 heteroatoms. The lowest BCUT2D eigenvalue weighted by Crippen LogP contribution is -2.43. The fraction of sp³-hybridized carbons (Fsp3) is 0. The molecule has 0 radical (unpaired) electrons. The van der Waals surface area contributed by atoms with Crippen molar-refractivity contribution in [2.75, 3.05) is 9.68 Å². The number of aromatic nitrogens is 3. The predicted molar refractivity (Wildman–Crippen MR) is 177 cm³/mol. The standard InChI is InChI=1S/C32H22N5O8P3/c38-27-21-22-28(39)34(27)36-47(33-46-37(44-25-17-9-3-10-18-25)48(36)45-26-19-11-4-12-20-26)35-31(40)29(42-23-13-5-1-6-14-23)30(32(35)41)43-24-15-7-2-8-16-24/h1-22H. The summed E-state index contributed by atoms with van der Waals surface area (Å²) < 4.78 is 26.3. The summed E-state index contributed by atoms with van der Waals surface area (Å²) in [6.07, 6.45) is 2.17. The third-order valence-corrected chi connectivity index (χ3v) is 11.9.